The van der Waals surface area contributed by atoms with Gasteiger partial charge in [-0.15, -0.1) is 11.3 Å². The molecule has 0 atom stereocenters. The second-order valence-electron chi connectivity index (χ2n) is 14.4. The molecule has 0 aliphatic carbocycles. The van der Waals surface area contributed by atoms with E-state index >= 15 is 0 Å². The standard InChI is InChI=1S/C52H30OS/c1-2-12-31(13-3-1)51-39-17-6-8-19-41(39)52(42-20-9-7-18-40(42)51)43-24-23-35(36-14-4-5-15-37(36)43)32-22-25-47-44(26-32)45-27-34-30-50-46(28-33(34)29-48(45)53-47)38-16-10-11-21-49(38)54-50/h1-30H. The summed E-state index contributed by atoms with van der Waals surface area (Å²) in [6.45, 7) is 0. The van der Waals surface area contributed by atoms with E-state index in [-0.39, 0.29) is 0 Å². The summed E-state index contributed by atoms with van der Waals surface area (Å²) >= 11 is 1.86. The zero-order chi connectivity index (χ0) is 35.3. The van der Waals surface area contributed by atoms with E-state index in [9.17, 15) is 0 Å². The number of hydrogen-bond donors (Lipinski definition) is 0. The van der Waals surface area contributed by atoms with Crippen molar-refractivity contribution in [1.82, 2.24) is 0 Å². The van der Waals surface area contributed by atoms with E-state index in [1.807, 2.05) is 11.3 Å². The highest BCUT2D eigenvalue weighted by Gasteiger charge is 2.19. The lowest BCUT2D eigenvalue weighted by Crippen LogP contribution is -1.92. The Balaban J connectivity index is 1.06. The molecule has 12 rings (SSSR count). The van der Waals surface area contributed by atoms with Crippen molar-refractivity contribution in [2.45, 2.75) is 0 Å². The smallest absolute Gasteiger partial charge is 0.136 e. The SMILES string of the molecule is c1ccc(-c2c3ccccc3c(-c3ccc(-c4ccc5oc6cc7cc8c(cc7cc6c5c4)sc4ccccc48)c4ccccc34)c3ccccc23)cc1. The maximum Gasteiger partial charge on any atom is 0.136 e. The highest BCUT2D eigenvalue weighted by molar-refractivity contribution is 7.25. The Labute approximate surface area is 314 Å². The summed E-state index contributed by atoms with van der Waals surface area (Å²) in [5, 5.41) is 14.9. The predicted octanol–water partition coefficient (Wildman–Crippen LogP) is 15.6. The first-order chi connectivity index (χ1) is 26.8. The summed E-state index contributed by atoms with van der Waals surface area (Å²) in [6, 6.07) is 66.8. The third-order valence-electron chi connectivity index (χ3n) is 11.4. The van der Waals surface area contributed by atoms with Crippen molar-refractivity contribution in [2.75, 3.05) is 0 Å². The van der Waals surface area contributed by atoms with Crippen LogP contribution in [-0.4, -0.2) is 0 Å². The van der Waals surface area contributed by atoms with Crippen LogP contribution in [-0.2, 0) is 0 Å². The number of hydrogen-bond acceptors (Lipinski definition) is 2. The van der Waals surface area contributed by atoms with Crippen molar-refractivity contribution in [1.29, 1.82) is 0 Å². The van der Waals surface area contributed by atoms with Crippen molar-refractivity contribution in [3.05, 3.63) is 182 Å². The van der Waals surface area contributed by atoms with E-state index < -0.39 is 0 Å². The van der Waals surface area contributed by atoms with Gasteiger partial charge in [-0.25, -0.2) is 0 Å². The summed E-state index contributed by atoms with van der Waals surface area (Å²) in [5.74, 6) is 0. The van der Waals surface area contributed by atoms with E-state index in [4.69, 9.17) is 4.42 Å². The van der Waals surface area contributed by atoms with Gasteiger partial charge in [0, 0.05) is 30.9 Å². The Kier molecular flexibility index (Phi) is 6.28. The summed E-state index contributed by atoms with van der Waals surface area (Å²) < 4.78 is 9.17. The van der Waals surface area contributed by atoms with Crippen molar-refractivity contribution < 1.29 is 4.42 Å². The molecule has 0 aliphatic rings. The number of thiophene rings is 1. The molecule has 0 unspecified atom stereocenters. The van der Waals surface area contributed by atoms with Gasteiger partial charge in [-0.2, -0.15) is 0 Å². The van der Waals surface area contributed by atoms with Gasteiger partial charge in [0.15, 0.2) is 0 Å². The minimum absolute atomic E-state index is 0.911. The predicted molar refractivity (Wildman–Crippen MR) is 233 cm³/mol. The second kappa shape index (κ2) is 11.4. The van der Waals surface area contributed by atoms with Gasteiger partial charge in [-0.05, 0) is 119 Å². The molecule has 54 heavy (non-hydrogen) atoms. The van der Waals surface area contributed by atoms with Gasteiger partial charge in [-0.3, -0.25) is 0 Å². The maximum absolute atomic E-state index is 6.52. The van der Waals surface area contributed by atoms with Crippen LogP contribution in [0.1, 0.15) is 0 Å². The lowest BCUT2D eigenvalue weighted by atomic mass is 9.84. The molecule has 1 nitrogen and oxygen atoms in total. The minimum Gasteiger partial charge on any atom is -0.456 e. The van der Waals surface area contributed by atoms with Crippen molar-refractivity contribution in [3.8, 4) is 33.4 Å². The van der Waals surface area contributed by atoms with Gasteiger partial charge >= 0.3 is 0 Å². The zero-order valence-corrected chi connectivity index (χ0v) is 30.0. The number of benzene rings is 10. The molecule has 10 aromatic carbocycles. The first-order valence-electron chi connectivity index (χ1n) is 18.5. The molecule has 2 aromatic heterocycles. The average molecular weight is 703 g/mol. The molecular weight excluding hydrogens is 673 g/mol. The summed E-state index contributed by atoms with van der Waals surface area (Å²) in [5.41, 5.74) is 9.28. The normalized spacial score (nSPS) is 12.1. The molecule has 0 fully saturated rings. The van der Waals surface area contributed by atoms with Crippen LogP contribution in [0.3, 0.4) is 0 Å². The molecule has 0 N–H and O–H groups in total. The Morgan fingerprint density at radius 3 is 1.59 bits per heavy atom. The fraction of sp³-hybridized carbons (Fsp3) is 0. The number of furan rings is 1. The van der Waals surface area contributed by atoms with Gasteiger partial charge in [0.05, 0.1) is 0 Å². The van der Waals surface area contributed by atoms with Crippen LogP contribution >= 0.6 is 11.3 Å². The van der Waals surface area contributed by atoms with Crippen LogP contribution in [0.2, 0.25) is 0 Å². The molecule has 0 aliphatic heterocycles. The Morgan fingerprint density at radius 1 is 0.296 bits per heavy atom. The number of rotatable bonds is 3. The minimum atomic E-state index is 0.911. The average Bonchev–Trinajstić information content (AvgIpc) is 3.77. The Hall–Kier alpha value is -6.74. The summed E-state index contributed by atoms with van der Waals surface area (Å²) in [7, 11) is 0. The van der Waals surface area contributed by atoms with E-state index in [2.05, 4.69) is 182 Å². The fourth-order valence-electron chi connectivity index (χ4n) is 9.01. The van der Waals surface area contributed by atoms with Crippen LogP contribution in [0.25, 0.3) is 119 Å². The van der Waals surface area contributed by atoms with Crippen molar-refractivity contribution in [3.63, 3.8) is 0 Å². The summed E-state index contributed by atoms with van der Waals surface area (Å²) in [4.78, 5) is 0. The first kappa shape index (κ1) is 29.8. The molecule has 0 amide bonds. The molecular formula is C52H30OS. The molecule has 2 heterocycles. The lowest BCUT2D eigenvalue weighted by molar-refractivity contribution is 0.669. The van der Waals surface area contributed by atoms with Crippen molar-refractivity contribution >= 4 is 96.5 Å². The quantitative estimate of drug-likeness (QED) is 0.167. The molecule has 2 heteroatoms. The van der Waals surface area contributed by atoms with Crippen LogP contribution in [0, 0.1) is 0 Å². The molecule has 0 saturated heterocycles. The molecule has 0 radical (unpaired) electrons. The highest BCUT2D eigenvalue weighted by Crippen LogP contribution is 2.47. The van der Waals surface area contributed by atoms with Gasteiger partial charge in [-0.1, -0.05) is 140 Å². The molecule has 0 spiro atoms. The first-order valence-corrected chi connectivity index (χ1v) is 19.3. The Morgan fingerprint density at radius 2 is 0.852 bits per heavy atom. The fourth-order valence-corrected chi connectivity index (χ4v) is 10.1. The van der Waals surface area contributed by atoms with E-state index in [0.717, 1.165) is 21.9 Å². The van der Waals surface area contributed by atoms with Crippen LogP contribution < -0.4 is 0 Å². The summed E-state index contributed by atoms with van der Waals surface area (Å²) in [6.07, 6.45) is 0. The third-order valence-corrected chi connectivity index (χ3v) is 12.6. The van der Waals surface area contributed by atoms with Crippen LogP contribution in [0.4, 0.5) is 0 Å². The third kappa shape index (κ3) is 4.32. The topological polar surface area (TPSA) is 13.1 Å². The highest BCUT2D eigenvalue weighted by atomic mass is 32.1. The second-order valence-corrected chi connectivity index (χ2v) is 15.5. The van der Waals surface area contributed by atoms with Crippen LogP contribution in [0.5, 0.6) is 0 Å². The van der Waals surface area contributed by atoms with E-state index in [1.165, 1.54) is 96.6 Å². The van der Waals surface area contributed by atoms with Gasteiger partial charge in [0.25, 0.3) is 0 Å². The maximum atomic E-state index is 6.52. The lowest BCUT2D eigenvalue weighted by Gasteiger charge is -2.19. The molecule has 0 bridgehead atoms. The molecule has 12 aromatic rings. The largest absolute Gasteiger partial charge is 0.456 e. The number of fused-ring (bicyclic) bond motifs is 10. The zero-order valence-electron chi connectivity index (χ0n) is 29.1. The van der Waals surface area contributed by atoms with Crippen LogP contribution in [0.15, 0.2) is 186 Å². The van der Waals surface area contributed by atoms with Gasteiger partial charge in [0.1, 0.15) is 11.2 Å². The molecule has 250 valence electrons. The van der Waals surface area contributed by atoms with Gasteiger partial charge in [0.2, 0.25) is 0 Å². The van der Waals surface area contributed by atoms with Gasteiger partial charge < -0.3 is 4.42 Å². The Bertz CT molecular complexity index is 3440. The van der Waals surface area contributed by atoms with E-state index in [0.29, 0.717) is 0 Å². The molecule has 0 saturated carbocycles. The van der Waals surface area contributed by atoms with Crippen molar-refractivity contribution in [2.24, 2.45) is 0 Å². The monoisotopic (exact) mass is 702 g/mol. The van der Waals surface area contributed by atoms with E-state index in [1.54, 1.807) is 0 Å².